The second-order valence-corrected chi connectivity index (χ2v) is 7.41. The average molecular weight is 333 g/mol. The Morgan fingerprint density at radius 3 is 2.86 bits per heavy atom. The summed E-state index contributed by atoms with van der Waals surface area (Å²) in [5, 5.41) is 3.53. The quantitative estimate of drug-likeness (QED) is 0.897. The number of nitrogens with zero attached hydrogens (tertiary/aromatic N) is 1. The molecule has 118 valence electrons. The fraction of sp³-hybridized carbons (Fsp3) is 0.571. The molecular weight excluding hydrogens is 312 g/mol. The van der Waals surface area contributed by atoms with E-state index < -0.39 is 10.0 Å². The van der Waals surface area contributed by atoms with Gasteiger partial charge in [-0.3, -0.25) is 0 Å². The van der Waals surface area contributed by atoms with Crippen LogP contribution >= 0.6 is 11.6 Å². The van der Waals surface area contributed by atoms with Crippen LogP contribution in [0.2, 0.25) is 5.02 Å². The zero-order valence-corrected chi connectivity index (χ0v) is 13.9. The van der Waals surface area contributed by atoms with E-state index in [0.29, 0.717) is 18.1 Å². The Hall–Kier alpha value is -0.820. The van der Waals surface area contributed by atoms with E-state index >= 15 is 0 Å². The number of benzene rings is 1. The van der Waals surface area contributed by atoms with Crippen molar-refractivity contribution in [3.63, 3.8) is 0 Å². The molecule has 1 unspecified atom stereocenters. The molecule has 1 aliphatic rings. The molecule has 0 spiro atoms. The van der Waals surface area contributed by atoms with Gasteiger partial charge in [-0.1, -0.05) is 18.0 Å². The number of sulfonamides is 1. The minimum absolute atomic E-state index is 0.0193. The molecule has 2 rings (SSSR count). The molecule has 0 aromatic heterocycles. The van der Waals surface area contributed by atoms with Crippen molar-refractivity contribution in [2.45, 2.75) is 30.2 Å². The fourth-order valence-electron chi connectivity index (χ4n) is 2.71. The molecule has 1 fully saturated rings. The maximum atomic E-state index is 12.9. The molecule has 1 atom stereocenters. The summed E-state index contributed by atoms with van der Waals surface area (Å²) >= 11 is 5.91. The summed E-state index contributed by atoms with van der Waals surface area (Å²) < 4.78 is 32.7. The first-order chi connectivity index (χ1) is 10.0. The van der Waals surface area contributed by atoms with Crippen molar-refractivity contribution in [3.05, 3.63) is 23.2 Å². The molecule has 0 saturated carbocycles. The van der Waals surface area contributed by atoms with Crippen LogP contribution in [0.5, 0.6) is 5.75 Å². The lowest BCUT2D eigenvalue weighted by Crippen LogP contribution is -2.47. The molecule has 0 aliphatic carbocycles. The second-order valence-electron chi connectivity index (χ2n) is 5.12. The van der Waals surface area contributed by atoms with Crippen molar-refractivity contribution in [2.75, 3.05) is 27.2 Å². The molecule has 21 heavy (non-hydrogen) atoms. The van der Waals surface area contributed by atoms with Crippen LogP contribution in [0.1, 0.15) is 19.3 Å². The predicted molar refractivity (Wildman–Crippen MR) is 83.5 cm³/mol. The number of ether oxygens (including phenoxy) is 1. The zero-order valence-electron chi connectivity index (χ0n) is 12.3. The summed E-state index contributed by atoms with van der Waals surface area (Å²) in [6.07, 6.45) is 2.81. The number of methoxy groups -OCH3 is 1. The van der Waals surface area contributed by atoms with Crippen LogP contribution in [0.15, 0.2) is 23.1 Å². The lowest BCUT2D eigenvalue weighted by atomic mass is 10.1. The molecule has 1 aromatic rings. The highest BCUT2D eigenvalue weighted by molar-refractivity contribution is 7.89. The van der Waals surface area contributed by atoms with Gasteiger partial charge in [0.2, 0.25) is 10.0 Å². The largest absolute Gasteiger partial charge is 0.495 e. The Balaban J connectivity index is 2.40. The first-order valence-electron chi connectivity index (χ1n) is 7.00. The maximum absolute atomic E-state index is 12.9. The Kier molecular flexibility index (Phi) is 5.48. The Morgan fingerprint density at radius 1 is 1.43 bits per heavy atom. The molecule has 1 aromatic carbocycles. The lowest BCUT2D eigenvalue weighted by Gasteiger charge is -2.34. The normalized spacial score (nSPS) is 20.4. The van der Waals surface area contributed by atoms with Crippen LogP contribution in [0.3, 0.4) is 0 Å². The fourth-order valence-corrected chi connectivity index (χ4v) is 4.70. The van der Waals surface area contributed by atoms with Gasteiger partial charge in [0, 0.05) is 30.2 Å². The van der Waals surface area contributed by atoms with Crippen LogP contribution in [0.25, 0.3) is 0 Å². The molecule has 0 radical (unpaired) electrons. The van der Waals surface area contributed by atoms with E-state index in [1.54, 1.807) is 10.4 Å². The second kappa shape index (κ2) is 6.96. The van der Waals surface area contributed by atoms with E-state index in [1.807, 2.05) is 7.05 Å². The van der Waals surface area contributed by atoms with Gasteiger partial charge in [0.05, 0.1) is 7.11 Å². The number of halogens is 1. The molecule has 1 saturated heterocycles. The Morgan fingerprint density at radius 2 is 2.19 bits per heavy atom. The van der Waals surface area contributed by atoms with Crippen LogP contribution in [0.4, 0.5) is 0 Å². The topological polar surface area (TPSA) is 58.6 Å². The molecule has 1 heterocycles. The molecule has 1 aliphatic heterocycles. The van der Waals surface area contributed by atoms with E-state index in [9.17, 15) is 8.42 Å². The summed E-state index contributed by atoms with van der Waals surface area (Å²) in [5.74, 6) is 0.288. The van der Waals surface area contributed by atoms with Crippen LogP contribution in [0, 0.1) is 0 Å². The number of piperidine rings is 1. The third kappa shape index (κ3) is 3.51. The third-order valence-electron chi connectivity index (χ3n) is 3.73. The van der Waals surface area contributed by atoms with E-state index in [-0.39, 0.29) is 16.7 Å². The van der Waals surface area contributed by atoms with Crippen molar-refractivity contribution in [3.8, 4) is 5.75 Å². The van der Waals surface area contributed by atoms with Crippen molar-refractivity contribution in [1.82, 2.24) is 9.62 Å². The number of likely N-dealkylation sites (N-methyl/N-ethyl adjacent to an activating group) is 1. The van der Waals surface area contributed by atoms with Gasteiger partial charge in [0.1, 0.15) is 10.6 Å². The molecule has 7 heteroatoms. The minimum atomic E-state index is -3.58. The Labute approximate surface area is 131 Å². The average Bonchev–Trinajstić information content (AvgIpc) is 2.47. The van der Waals surface area contributed by atoms with E-state index in [0.717, 1.165) is 19.3 Å². The maximum Gasteiger partial charge on any atom is 0.247 e. The first kappa shape index (κ1) is 16.5. The highest BCUT2D eigenvalue weighted by atomic mass is 35.5. The van der Waals surface area contributed by atoms with E-state index in [4.69, 9.17) is 16.3 Å². The van der Waals surface area contributed by atoms with Gasteiger partial charge in [-0.15, -0.1) is 0 Å². The summed E-state index contributed by atoms with van der Waals surface area (Å²) in [6.45, 7) is 1.19. The van der Waals surface area contributed by atoms with Crippen molar-refractivity contribution in [1.29, 1.82) is 0 Å². The van der Waals surface area contributed by atoms with Crippen molar-refractivity contribution in [2.24, 2.45) is 0 Å². The highest BCUT2D eigenvalue weighted by Gasteiger charge is 2.34. The summed E-state index contributed by atoms with van der Waals surface area (Å²) in [7, 11) is -0.297. The smallest absolute Gasteiger partial charge is 0.247 e. The van der Waals surface area contributed by atoms with Crippen molar-refractivity contribution < 1.29 is 13.2 Å². The standard InChI is InChI=1S/C14H21ClN2O3S/c1-16-10-12-5-3-4-8-17(12)21(18,19)14-7-6-11(15)9-13(14)20-2/h6-7,9,12,16H,3-5,8,10H2,1-2H3. The first-order valence-corrected chi connectivity index (χ1v) is 8.82. The van der Waals surface area contributed by atoms with Crippen LogP contribution < -0.4 is 10.1 Å². The molecule has 0 bridgehead atoms. The predicted octanol–water partition coefficient (Wildman–Crippen LogP) is 2.11. The highest BCUT2D eigenvalue weighted by Crippen LogP contribution is 2.32. The lowest BCUT2D eigenvalue weighted by molar-refractivity contribution is 0.248. The minimum Gasteiger partial charge on any atom is -0.495 e. The SMILES string of the molecule is CNCC1CCCCN1S(=O)(=O)c1ccc(Cl)cc1OC. The molecular formula is C14H21ClN2O3S. The summed E-state index contributed by atoms with van der Waals surface area (Å²) in [4.78, 5) is 0.178. The van der Waals surface area contributed by atoms with Gasteiger partial charge in [-0.2, -0.15) is 4.31 Å². The van der Waals surface area contributed by atoms with Gasteiger partial charge in [-0.25, -0.2) is 8.42 Å². The molecule has 5 nitrogen and oxygen atoms in total. The van der Waals surface area contributed by atoms with Crippen LogP contribution in [-0.2, 0) is 10.0 Å². The van der Waals surface area contributed by atoms with Gasteiger partial charge in [-0.05, 0) is 32.0 Å². The summed E-state index contributed by atoms with van der Waals surface area (Å²) in [6, 6.07) is 4.61. The van der Waals surface area contributed by atoms with Gasteiger partial charge in [0.15, 0.2) is 0 Å². The van der Waals surface area contributed by atoms with E-state index in [2.05, 4.69) is 5.32 Å². The third-order valence-corrected chi connectivity index (χ3v) is 5.95. The Bertz CT molecular complexity index is 590. The van der Waals surface area contributed by atoms with Gasteiger partial charge >= 0.3 is 0 Å². The summed E-state index contributed by atoms with van der Waals surface area (Å²) in [5.41, 5.74) is 0. The van der Waals surface area contributed by atoms with Gasteiger partial charge in [0.25, 0.3) is 0 Å². The van der Waals surface area contributed by atoms with Crippen molar-refractivity contribution >= 4 is 21.6 Å². The monoisotopic (exact) mass is 332 g/mol. The van der Waals surface area contributed by atoms with Gasteiger partial charge < -0.3 is 10.1 Å². The number of hydrogen-bond acceptors (Lipinski definition) is 4. The number of hydrogen-bond donors (Lipinski definition) is 1. The molecule has 0 amide bonds. The van der Waals surface area contributed by atoms with E-state index in [1.165, 1.54) is 19.2 Å². The van der Waals surface area contributed by atoms with Crippen LogP contribution in [-0.4, -0.2) is 46.0 Å². The number of nitrogens with one attached hydrogen (secondary N) is 1. The molecule has 1 N–H and O–H groups in total. The zero-order chi connectivity index (χ0) is 15.5. The number of rotatable bonds is 5.